The number of hydrogen-bond acceptors (Lipinski definition) is 9. The molecule has 0 aliphatic rings. The number of hydrogen-bond donors (Lipinski definition) is 4. The Hall–Kier alpha value is -3.59. The molecule has 0 radical (unpaired) electrons. The van der Waals surface area contributed by atoms with Crippen LogP contribution in [0.5, 0.6) is 0 Å². The van der Waals surface area contributed by atoms with Gasteiger partial charge in [0, 0.05) is 18.4 Å². The van der Waals surface area contributed by atoms with E-state index in [1.807, 2.05) is 0 Å². The molecule has 15 heteroatoms. The number of rotatable bonds is 7. The highest BCUT2D eigenvalue weighted by molar-refractivity contribution is 5.59. The normalized spacial score (nSPS) is 13.0. The van der Waals surface area contributed by atoms with Crippen LogP contribution in [0, 0.1) is 0 Å². The van der Waals surface area contributed by atoms with Crippen LogP contribution in [-0.2, 0) is 12.4 Å². The lowest BCUT2D eigenvalue weighted by atomic mass is 10.3. The summed E-state index contributed by atoms with van der Waals surface area (Å²) in [6, 6.07) is 4.92. The van der Waals surface area contributed by atoms with Gasteiger partial charge in [-0.25, -0.2) is 4.98 Å². The van der Waals surface area contributed by atoms with Gasteiger partial charge in [0.1, 0.15) is 17.1 Å². The lowest BCUT2D eigenvalue weighted by molar-refractivity contribution is -0.141. The van der Waals surface area contributed by atoms with Gasteiger partial charge in [-0.05, 0) is 24.3 Å². The number of pyridine rings is 2. The van der Waals surface area contributed by atoms with Crippen molar-refractivity contribution < 1.29 is 36.6 Å². The summed E-state index contributed by atoms with van der Waals surface area (Å²) in [4.78, 5) is 18.5. The Morgan fingerprint density at radius 2 is 1.58 bits per heavy atom. The van der Waals surface area contributed by atoms with Crippen molar-refractivity contribution in [2.45, 2.75) is 18.5 Å². The first-order chi connectivity index (χ1) is 15.5. The number of nitrogens with one attached hydrogen (secondary N) is 2. The summed E-state index contributed by atoms with van der Waals surface area (Å²) < 4.78 is 77.8. The SMILES string of the molecule is OC[C@H](O)CNc1nc(Nc2ccnc(C(F)(F)F)c2)nc(-c2cccc(C(F)(F)F)n2)n1. The Labute approximate surface area is 181 Å². The molecule has 33 heavy (non-hydrogen) atoms. The Morgan fingerprint density at radius 3 is 2.24 bits per heavy atom. The number of halogens is 6. The summed E-state index contributed by atoms with van der Waals surface area (Å²) in [6.07, 6.45) is -9.75. The number of aliphatic hydroxyl groups is 2. The van der Waals surface area contributed by atoms with Gasteiger partial charge in [0.15, 0.2) is 5.82 Å². The van der Waals surface area contributed by atoms with E-state index >= 15 is 0 Å². The van der Waals surface area contributed by atoms with E-state index < -0.39 is 36.5 Å². The van der Waals surface area contributed by atoms with Crippen molar-refractivity contribution in [3.05, 3.63) is 47.9 Å². The second-order valence-corrected chi connectivity index (χ2v) is 6.48. The van der Waals surface area contributed by atoms with Crippen LogP contribution in [-0.4, -0.2) is 54.4 Å². The molecule has 1 atom stereocenters. The van der Waals surface area contributed by atoms with Crippen molar-refractivity contribution in [3.8, 4) is 11.5 Å². The maximum atomic E-state index is 13.0. The lowest BCUT2D eigenvalue weighted by Gasteiger charge is -2.13. The van der Waals surface area contributed by atoms with E-state index in [9.17, 15) is 31.4 Å². The average Bonchev–Trinajstić information content (AvgIpc) is 2.76. The number of aliphatic hydroxyl groups excluding tert-OH is 2. The monoisotopic (exact) mass is 475 g/mol. The second-order valence-electron chi connectivity index (χ2n) is 6.48. The Bertz CT molecular complexity index is 1110. The van der Waals surface area contributed by atoms with E-state index in [2.05, 4.69) is 35.6 Å². The molecule has 0 spiro atoms. The maximum absolute atomic E-state index is 13.0. The predicted octanol–water partition coefficient (Wildman–Crippen LogP) is 2.87. The summed E-state index contributed by atoms with van der Waals surface area (Å²) in [6.45, 7) is -0.828. The number of nitrogens with zero attached hydrogens (tertiary/aromatic N) is 5. The Balaban J connectivity index is 2.00. The standard InChI is InChI=1S/C18H15F6N7O2/c19-17(20,21)12-3-1-2-11(28-12)14-29-15(26-7-10(33)8-32)31-16(30-14)27-9-4-5-25-13(6-9)18(22,23)24/h1-6,10,32-33H,7-8H2,(H2,25,26,27,29,30,31)/t10-/m1/s1. The summed E-state index contributed by atoms with van der Waals surface area (Å²) in [5.74, 6) is -0.886. The molecule has 0 saturated heterocycles. The van der Waals surface area contributed by atoms with Crippen LogP contribution in [0.15, 0.2) is 36.5 Å². The summed E-state index contributed by atoms with van der Waals surface area (Å²) in [5, 5.41) is 23.5. The molecule has 0 saturated carbocycles. The fourth-order valence-electron chi connectivity index (χ4n) is 2.41. The minimum atomic E-state index is -4.73. The lowest BCUT2D eigenvalue weighted by Crippen LogP contribution is -2.24. The molecule has 0 unspecified atom stereocenters. The number of alkyl halides is 6. The predicted molar refractivity (Wildman–Crippen MR) is 102 cm³/mol. The molecule has 0 bridgehead atoms. The van der Waals surface area contributed by atoms with Crippen molar-refractivity contribution in [1.29, 1.82) is 0 Å². The molecule has 3 rings (SSSR count). The first-order valence-electron chi connectivity index (χ1n) is 9.09. The molecule has 3 heterocycles. The van der Waals surface area contributed by atoms with E-state index in [-0.39, 0.29) is 35.6 Å². The Morgan fingerprint density at radius 1 is 0.879 bits per heavy atom. The van der Waals surface area contributed by atoms with E-state index in [4.69, 9.17) is 5.11 Å². The Kier molecular flexibility index (Phi) is 6.92. The van der Waals surface area contributed by atoms with Gasteiger partial charge in [-0.15, -0.1) is 0 Å². The van der Waals surface area contributed by atoms with Crippen molar-refractivity contribution in [1.82, 2.24) is 24.9 Å². The van der Waals surface area contributed by atoms with Gasteiger partial charge >= 0.3 is 12.4 Å². The second kappa shape index (κ2) is 9.50. The van der Waals surface area contributed by atoms with E-state index in [1.54, 1.807) is 0 Å². The largest absolute Gasteiger partial charge is 0.433 e. The van der Waals surface area contributed by atoms with E-state index in [0.717, 1.165) is 18.3 Å². The van der Waals surface area contributed by atoms with Gasteiger partial charge in [0.2, 0.25) is 11.9 Å². The molecule has 0 aromatic carbocycles. The first-order valence-corrected chi connectivity index (χ1v) is 9.09. The molecule has 9 nitrogen and oxygen atoms in total. The molecule has 4 N–H and O–H groups in total. The van der Waals surface area contributed by atoms with Gasteiger partial charge in [-0.2, -0.15) is 41.3 Å². The molecular formula is C18H15F6N7O2. The van der Waals surface area contributed by atoms with Crippen molar-refractivity contribution in [2.24, 2.45) is 0 Å². The molecule has 0 aliphatic heterocycles. The van der Waals surface area contributed by atoms with Crippen molar-refractivity contribution in [2.75, 3.05) is 23.8 Å². The summed E-state index contributed by atoms with van der Waals surface area (Å²) >= 11 is 0. The van der Waals surface area contributed by atoms with Crippen LogP contribution in [0.25, 0.3) is 11.5 Å². The van der Waals surface area contributed by atoms with Crippen molar-refractivity contribution in [3.63, 3.8) is 0 Å². The van der Waals surface area contributed by atoms with Crippen LogP contribution in [0.4, 0.5) is 43.9 Å². The number of aromatic nitrogens is 5. The fourth-order valence-corrected chi connectivity index (χ4v) is 2.41. The molecule has 3 aromatic heterocycles. The highest BCUT2D eigenvalue weighted by Gasteiger charge is 2.33. The third kappa shape index (κ3) is 6.45. The molecule has 0 fully saturated rings. The maximum Gasteiger partial charge on any atom is 0.433 e. The van der Waals surface area contributed by atoms with Gasteiger partial charge in [-0.3, -0.25) is 4.98 Å². The highest BCUT2D eigenvalue weighted by atomic mass is 19.4. The zero-order valence-corrected chi connectivity index (χ0v) is 16.4. The summed E-state index contributed by atoms with van der Waals surface area (Å²) in [5.41, 5.74) is -2.78. The van der Waals surface area contributed by atoms with E-state index in [0.29, 0.717) is 6.07 Å². The molecule has 176 valence electrons. The first kappa shape index (κ1) is 24.1. The zero-order valence-electron chi connectivity index (χ0n) is 16.4. The molecule has 0 amide bonds. The molecule has 3 aromatic rings. The van der Waals surface area contributed by atoms with Crippen LogP contribution < -0.4 is 10.6 Å². The van der Waals surface area contributed by atoms with Crippen LogP contribution in [0.2, 0.25) is 0 Å². The minimum Gasteiger partial charge on any atom is -0.394 e. The zero-order chi connectivity index (χ0) is 24.2. The van der Waals surface area contributed by atoms with Gasteiger partial charge in [-0.1, -0.05) is 6.07 Å². The van der Waals surface area contributed by atoms with Crippen LogP contribution >= 0.6 is 0 Å². The van der Waals surface area contributed by atoms with Gasteiger partial charge < -0.3 is 20.8 Å². The highest BCUT2D eigenvalue weighted by Crippen LogP contribution is 2.31. The van der Waals surface area contributed by atoms with Crippen LogP contribution in [0.3, 0.4) is 0 Å². The van der Waals surface area contributed by atoms with Crippen molar-refractivity contribution >= 4 is 17.6 Å². The molecular weight excluding hydrogens is 460 g/mol. The van der Waals surface area contributed by atoms with Crippen LogP contribution in [0.1, 0.15) is 11.4 Å². The smallest absolute Gasteiger partial charge is 0.394 e. The van der Waals surface area contributed by atoms with E-state index in [1.165, 1.54) is 12.1 Å². The molecule has 0 aliphatic carbocycles. The van der Waals surface area contributed by atoms with Gasteiger partial charge in [0.05, 0.1) is 12.7 Å². The summed E-state index contributed by atoms with van der Waals surface area (Å²) in [7, 11) is 0. The third-order valence-corrected chi connectivity index (χ3v) is 3.92. The fraction of sp³-hybridized carbons (Fsp3) is 0.278. The minimum absolute atomic E-state index is 0.104. The topological polar surface area (TPSA) is 129 Å². The third-order valence-electron chi connectivity index (χ3n) is 3.92. The average molecular weight is 475 g/mol. The van der Waals surface area contributed by atoms with Gasteiger partial charge in [0.25, 0.3) is 0 Å². The number of anilines is 3. The quantitative estimate of drug-likeness (QED) is 0.381.